The molecular weight excluding hydrogens is 200 g/mol. The average molecular weight is 218 g/mol. The van der Waals surface area contributed by atoms with Crippen LogP contribution in [0.2, 0.25) is 0 Å². The predicted octanol–water partition coefficient (Wildman–Crippen LogP) is 0.289. The summed E-state index contributed by atoms with van der Waals surface area (Å²) >= 11 is 4.04. The molecular formula is C9H18N2O2S. The zero-order valence-electron chi connectivity index (χ0n) is 8.91. The SMILES string of the molecule is CCN(CC)C(=O)C(CS)NC(C)=O. The van der Waals surface area contributed by atoms with Gasteiger partial charge in [-0.05, 0) is 13.8 Å². The predicted molar refractivity (Wildman–Crippen MR) is 59.4 cm³/mol. The molecule has 82 valence electrons. The summed E-state index contributed by atoms with van der Waals surface area (Å²) in [7, 11) is 0. The lowest BCUT2D eigenvalue weighted by Crippen LogP contribution is -2.49. The molecule has 14 heavy (non-hydrogen) atoms. The van der Waals surface area contributed by atoms with Gasteiger partial charge in [-0.2, -0.15) is 12.6 Å². The van der Waals surface area contributed by atoms with Gasteiger partial charge in [-0.25, -0.2) is 0 Å². The van der Waals surface area contributed by atoms with Gasteiger partial charge in [0.05, 0.1) is 0 Å². The number of thiol groups is 1. The molecule has 1 N–H and O–H groups in total. The van der Waals surface area contributed by atoms with Crippen LogP contribution < -0.4 is 5.32 Å². The van der Waals surface area contributed by atoms with E-state index in [0.29, 0.717) is 18.8 Å². The van der Waals surface area contributed by atoms with Gasteiger partial charge >= 0.3 is 0 Å². The second kappa shape index (κ2) is 6.70. The van der Waals surface area contributed by atoms with E-state index in [1.807, 2.05) is 13.8 Å². The Kier molecular flexibility index (Phi) is 6.36. The van der Waals surface area contributed by atoms with E-state index >= 15 is 0 Å². The van der Waals surface area contributed by atoms with Crippen LogP contribution >= 0.6 is 12.6 Å². The number of rotatable bonds is 5. The number of nitrogens with one attached hydrogen (secondary N) is 1. The van der Waals surface area contributed by atoms with Gasteiger partial charge in [-0.3, -0.25) is 9.59 Å². The van der Waals surface area contributed by atoms with Crippen LogP contribution in [0.5, 0.6) is 0 Å². The van der Waals surface area contributed by atoms with E-state index in [-0.39, 0.29) is 11.8 Å². The van der Waals surface area contributed by atoms with Crippen LogP contribution in [0.3, 0.4) is 0 Å². The highest BCUT2D eigenvalue weighted by Gasteiger charge is 2.21. The molecule has 0 spiro atoms. The molecule has 0 radical (unpaired) electrons. The minimum atomic E-state index is -0.504. The number of nitrogens with zero attached hydrogens (tertiary/aromatic N) is 1. The molecule has 0 aliphatic rings. The first-order valence-corrected chi connectivity index (χ1v) is 5.36. The van der Waals surface area contributed by atoms with Gasteiger partial charge in [-0.1, -0.05) is 0 Å². The Morgan fingerprint density at radius 1 is 1.36 bits per heavy atom. The third-order valence-corrected chi connectivity index (χ3v) is 2.30. The van der Waals surface area contributed by atoms with E-state index in [0.717, 1.165) is 0 Å². The Morgan fingerprint density at radius 2 is 1.86 bits per heavy atom. The number of hydrogen-bond donors (Lipinski definition) is 2. The van der Waals surface area contributed by atoms with Crippen LogP contribution in [0, 0.1) is 0 Å². The van der Waals surface area contributed by atoms with Crippen LogP contribution in [-0.4, -0.2) is 41.6 Å². The van der Waals surface area contributed by atoms with Crippen molar-refractivity contribution >= 4 is 24.4 Å². The zero-order valence-corrected chi connectivity index (χ0v) is 9.80. The normalized spacial score (nSPS) is 12.0. The third kappa shape index (κ3) is 4.00. The van der Waals surface area contributed by atoms with Crippen LogP contribution in [-0.2, 0) is 9.59 Å². The van der Waals surface area contributed by atoms with Crippen LogP contribution in [0.25, 0.3) is 0 Å². The minimum absolute atomic E-state index is 0.0693. The summed E-state index contributed by atoms with van der Waals surface area (Å²) in [5, 5.41) is 2.57. The van der Waals surface area contributed by atoms with E-state index in [1.165, 1.54) is 6.92 Å². The first-order valence-electron chi connectivity index (χ1n) is 4.73. The first kappa shape index (κ1) is 13.3. The minimum Gasteiger partial charge on any atom is -0.344 e. The van der Waals surface area contributed by atoms with Crippen LogP contribution in [0.1, 0.15) is 20.8 Å². The Hall–Kier alpha value is -0.710. The molecule has 0 aromatic heterocycles. The topological polar surface area (TPSA) is 49.4 Å². The summed E-state index contributed by atoms with van der Waals surface area (Å²) in [4.78, 5) is 24.2. The van der Waals surface area contributed by atoms with Crippen molar-refractivity contribution in [1.29, 1.82) is 0 Å². The van der Waals surface area contributed by atoms with Crippen molar-refractivity contribution in [3.8, 4) is 0 Å². The van der Waals surface area contributed by atoms with Crippen molar-refractivity contribution in [1.82, 2.24) is 10.2 Å². The highest BCUT2D eigenvalue weighted by molar-refractivity contribution is 7.80. The fraction of sp³-hybridized carbons (Fsp3) is 0.778. The van der Waals surface area contributed by atoms with Crippen molar-refractivity contribution in [3.05, 3.63) is 0 Å². The highest BCUT2D eigenvalue weighted by Crippen LogP contribution is 1.97. The maximum atomic E-state index is 11.7. The molecule has 0 saturated heterocycles. The second-order valence-electron chi connectivity index (χ2n) is 2.95. The third-order valence-electron chi connectivity index (χ3n) is 1.93. The maximum Gasteiger partial charge on any atom is 0.245 e. The Morgan fingerprint density at radius 3 is 2.14 bits per heavy atom. The molecule has 1 unspecified atom stereocenters. The molecule has 0 bridgehead atoms. The van der Waals surface area contributed by atoms with Gasteiger partial charge in [0.15, 0.2) is 0 Å². The van der Waals surface area contributed by atoms with Crippen molar-refractivity contribution in [2.24, 2.45) is 0 Å². The fourth-order valence-electron chi connectivity index (χ4n) is 1.19. The Labute approximate surface area is 90.4 Å². The smallest absolute Gasteiger partial charge is 0.245 e. The standard InChI is InChI=1S/C9H18N2O2S/c1-4-11(5-2)9(13)8(6-14)10-7(3)12/h8,14H,4-6H2,1-3H3,(H,10,12). The average Bonchev–Trinajstić information content (AvgIpc) is 2.15. The Bertz CT molecular complexity index is 205. The van der Waals surface area contributed by atoms with E-state index in [4.69, 9.17) is 0 Å². The van der Waals surface area contributed by atoms with Crippen molar-refractivity contribution in [2.45, 2.75) is 26.8 Å². The molecule has 0 heterocycles. The summed E-state index contributed by atoms with van der Waals surface area (Å²) in [6.07, 6.45) is 0. The van der Waals surface area contributed by atoms with Gasteiger partial charge in [0.1, 0.15) is 6.04 Å². The summed E-state index contributed by atoms with van der Waals surface area (Å²) < 4.78 is 0. The van der Waals surface area contributed by atoms with Gasteiger partial charge in [0.25, 0.3) is 0 Å². The van der Waals surface area contributed by atoms with Gasteiger partial charge < -0.3 is 10.2 Å². The van der Waals surface area contributed by atoms with E-state index in [1.54, 1.807) is 4.90 Å². The number of likely N-dealkylation sites (N-methyl/N-ethyl adjacent to an activating group) is 1. The van der Waals surface area contributed by atoms with E-state index in [2.05, 4.69) is 17.9 Å². The lowest BCUT2D eigenvalue weighted by molar-refractivity contribution is -0.135. The molecule has 0 saturated carbocycles. The monoisotopic (exact) mass is 218 g/mol. The number of carbonyl (C=O) groups is 2. The zero-order chi connectivity index (χ0) is 11.1. The lowest BCUT2D eigenvalue weighted by atomic mass is 10.2. The molecule has 1 atom stereocenters. The molecule has 0 aromatic carbocycles. The quantitative estimate of drug-likeness (QED) is 0.652. The molecule has 5 heteroatoms. The summed E-state index contributed by atoms with van der Waals surface area (Å²) in [6.45, 7) is 6.51. The van der Waals surface area contributed by atoms with Crippen molar-refractivity contribution in [3.63, 3.8) is 0 Å². The molecule has 0 aliphatic heterocycles. The van der Waals surface area contributed by atoms with Crippen LogP contribution in [0.4, 0.5) is 0 Å². The molecule has 0 aromatic rings. The van der Waals surface area contributed by atoms with Gasteiger partial charge in [0.2, 0.25) is 11.8 Å². The molecule has 0 aliphatic carbocycles. The molecule has 0 rings (SSSR count). The van der Waals surface area contributed by atoms with Crippen LogP contribution in [0.15, 0.2) is 0 Å². The van der Waals surface area contributed by atoms with Gasteiger partial charge in [-0.15, -0.1) is 0 Å². The number of amides is 2. The summed E-state index contributed by atoms with van der Waals surface area (Å²) in [6, 6.07) is -0.504. The van der Waals surface area contributed by atoms with Crippen molar-refractivity contribution in [2.75, 3.05) is 18.8 Å². The maximum absolute atomic E-state index is 11.7. The summed E-state index contributed by atoms with van der Waals surface area (Å²) in [5.41, 5.74) is 0. The fourth-order valence-corrected chi connectivity index (χ4v) is 1.43. The number of hydrogen-bond acceptors (Lipinski definition) is 3. The van der Waals surface area contributed by atoms with E-state index in [9.17, 15) is 9.59 Å². The number of carbonyl (C=O) groups excluding carboxylic acids is 2. The second-order valence-corrected chi connectivity index (χ2v) is 3.31. The van der Waals surface area contributed by atoms with Gasteiger partial charge in [0, 0.05) is 25.8 Å². The highest BCUT2D eigenvalue weighted by atomic mass is 32.1. The first-order chi connectivity index (χ1) is 6.56. The largest absolute Gasteiger partial charge is 0.344 e. The summed E-state index contributed by atoms with van der Waals surface area (Å²) in [5.74, 6) is 0.0549. The lowest BCUT2D eigenvalue weighted by Gasteiger charge is -2.24. The van der Waals surface area contributed by atoms with Crippen molar-refractivity contribution < 1.29 is 9.59 Å². The molecule has 4 nitrogen and oxygen atoms in total. The Balaban J connectivity index is 4.35. The van der Waals surface area contributed by atoms with E-state index < -0.39 is 6.04 Å². The molecule has 0 fully saturated rings. The molecule has 2 amide bonds.